The topological polar surface area (TPSA) is 90.2 Å². The second-order valence-corrected chi connectivity index (χ2v) is 5.77. The van der Waals surface area contributed by atoms with Gasteiger partial charge in [-0.3, -0.25) is 9.59 Å². The van der Waals surface area contributed by atoms with Crippen molar-refractivity contribution in [3.63, 3.8) is 0 Å². The molecule has 23 heavy (non-hydrogen) atoms. The predicted molar refractivity (Wildman–Crippen MR) is 89.1 cm³/mol. The van der Waals surface area contributed by atoms with Gasteiger partial charge >= 0.3 is 5.97 Å². The standard InChI is InChI=1S/C17H14N2O3S/c18-10-12-6-8-14(9-7-12)19-17(22)16(23-11-15(20)21)13-4-2-1-3-5-13/h1-9,16H,11H2,(H,19,22)(H,20,21)/t16-/m1/s1. The molecular formula is C17H14N2O3S. The molecular weight excluding hydrogens is 312 g/mol. The summed E-state index contributed by atoms with van der Waals surface area (Å²) < 4.78 is 0. The zero-order chi connectivity index (χ0) is 16.7. The molecule has 1 atom stereocenters. The number of rotatable bonds is 6. The molecule has 0 saturated carbocycles. The summed E-state index contributed by atoms with van der Waals surface area (Å²) in [6.45, 7) is 0. The largest absolute Gasteiger partial charge is 0.481 e. The van der Waals surface area contributed by atoms with Crippen molar-refractivity contribution in [3.8, 4) is 6.07 Å². The van der Waals surface area contributed by atoms with Crippen LogP contribution in [-0.4, -0.2) is 22.7 Å². The maximum Gasteiger partial charge on any atom is 0.313 e. The van der Waals surface area contributed by atoms with Gasteiger partial charge in [-0.2, -0.15) is 5.26 Å². The van der Waals surface area contributed by atoms with Crippen LogP contribution in [0.1, 0.15) is 16.4 Å². The van der Waals surface area contributed by atoms with Gasteiger partial charge in [0.2, 0.25) is 5.91 Å². The van der Waals surface area contributed by atoms with E-state index < -0.39 is 11.2 Å². The lowest BCUT2D eigenvalue weighted by atomic mass is 10.1. The molecule has 0 radical (unpaired) electrons. The summed E-state index contributed by atoms with van der Waals surface area (Å²) in [5.41, 5.74) is 1.80. The molecule has 0 spiro atoms. The van der Waals surface area contributed by atoms with Crippen molar-refractivity contribution in [1.29, 1.82) is 5.26 Å². The smallest absolute Gasteiger partial charge is 0.313 e. The Bertz CT molecular complexity index is 724. The Morgan fingerprint density at radius 2 is 1.78 bits per heavy atom. The molecule has 6 heteroatoms. The third-order valence-electron chi connectivity index (χ3n) is 3.00. The van der Waals surface area contributed by atoms with E-state index in [0.29, 0.717) is 11.3 Å². The molecule has 0 bridgehead atoms. The zero-order valence-corrected chi connectivity index (χ0v) is 12.9. The molecule has 0 fully saturated rings. The fourth-order valence-corrected chi connectivity index (χ4v) is 2.81. The number of aliphatic carboxylic acids is 1. The van der Waals surface area contributed by atoms with Crippen LogP contribution >= 0.6 is 11.8 Å². The van der Waals surface area contributed by atoms with Crippen LogP contribution in [0.15, 0.2) is 54.6 Å². The van der Waals surface area contributed by atoms with Gasteiger partial charge in [0.15, 0.2) is 0 Å². The second-order valence-electron chi connectivity index (χ2n) is 4.67. The summed E-state index contributed by atoms with van der Waals surface area (Å²) in [7, 11) is 0. The number of carboxylic acid groups (broad SMARTS) is 1. The molecule has 0 aliphatic carbocycles. The highest BCUT2D eigenvalue weighted by atomic mass is 32.2. The maximum atomic E-state index is 12.5. The van der Waals surface area contributed by atoms with Gasteiger partial charge in [0, 0.05) is 5.69 Å². The van der Waals surface area contributed by atoms with E-state index >= 15 is 0 Å². The molecule has 2 aromatic carbocycles. The van der Waals surface area contributed by atoms with Gasteiger partial charge in [0.25, 0.3) is 0 Å². The first-order valence-electron chi connectivity index (χ1n) is 6.79. The molecule has 0 aliphatic rings. The van der Waals surface area contributed by atoms with Gasteiger partial charge in [-0.25, -0.2) is 0 Å². The highest BCUT2D eigenvalue weighted by molar-refractivity contribution is 8.00. The fraction of sp³-hybridized carbons (Fsp3) is 0.118. The van der Waals surface area contributed by atoms with E-state index in [9.17, 15) is 9.59 Å². The van der Waals surface area contributed by atoms with Crippen molar-refractivity contribution in [2.75, 3.05) is 11.1 Å². The minimum Gasteiger partial charge on any atom is -0.481 e. The molecule has 2 rings (SSSR count). The summed E-state index contributed by atoms with van der Waals surface area (Å²) in [6, 6.07) is 17.5. The molecule has 116 valence electrons. The molecule has 1 amide bonds. The lowest BCUT2D eigenvalue weighted by Gasteiger charge is -2.16. The molecule has 0 unspecified atom stereocenters. The van der Waals surface area contributed by atoms with E-state index in [-0.39, 0.29) is 11.7 Å². The fourth-order valence-electron chi connectivity index (χ4n) is 1.94. The minimum atomic E-state index is -0.970. The molecule has 5 nitrogen and oxygen atoms in total. The second kappa shape index (κ2) is 8.01. The Balaban J connectivity index is 2.15. The third-order valence-corrected chi connectivity index (χ3v) is 4.23. The van der Waals surface area contributed by atoms with Crippen molar-refractivity contribution in [1.82, 2.24) is 0 Å². The van der Waals surface area contributed by atoms with Crippen molar-refractivity contribution in [2.45, 2.75) is 5.25 Å². The first kappa shape index (κ1) is 16.6. The van der Waals surface area contributed by atoms with Crippen LogP contribution in [0.3, 0.4) is 0 Å². The average molecular weight is 326 g/mol. The molecule has 0 aromatic heterocycles. The first-order valence-corrected chi connectivity index (χ1v) is 7.84. The van der Waals surface area contributed by atoms with Gasteiger partial charge in [-0.15, -0.1) is 11.8 Å². The van der Waals surface area contributed by atoms with Crippen LogP contribution in [0.5, 0.6) is 0 Å². The van der Waals surface area contributed by atoms with Crippen LogP contribution in [0, 0.1) is 11.3 Å². The van der Waals surface area contributed by atoms with E-state index in [2.05, 4.69) is 5.32 Å². The number of carboxylic acids is 1. The summed E-state index contributed by atoms with van der Waals surface area (Å²) in [6.07, 6.45) is 0. The highest BCUT2D eigenvalue weighted by Crippen LogP contribution is 2.30. The molecule has 0 saturated heterocycles. The van der Waals surface area contributed by atoms with E-state index in [1.54, 1.807) is 48.5 Å². The Morgan fingerprint density at radius 1 is 1.13 bits per heavy atom. The van der Waals surface area contributed by atoms with Crippen LogP contribution in [0.25, 0.3) is 0 Å². The van der Waals surface area contributed by atoms with Gasteiger partial charge in [-0.05, 0) is 29.8 Å². The van der Waals surface area contributed by atoms with Crippen molar-refractivity contribution < 1.29 is 14.7 Å². The quantitative estimate of drug-likeness (QED) is 0.851. The number of carbonyl (C=O) groups excluding carboxylic acids is 1. The van der Waals surface area contributed by atoms with E-state index in [1.807, 2.05) is 12.1 Å². The number of nitrogens with zero attached hydrogens (tertiary/aromatic N) is 1. The lowest BCUT2D eigenvalue weighted by molar-refractivity contribution is -0.133. The van der Waals surface area contributed by atoms with E-state index in [0.717, 1.165) is 17.3 Å². The molecule has 0 aliphatic heterocycles. The third kappa shape index (κ3) is 4.87. The normalized spacial score (nSPS) is 11.3. The van der Waals surface area contributed by atoms with E-state index in [1.165, 1.54) is 0 Å². The van der Waals surface area contributed by atoms with Crippen LogP contribution in [-0.2, 0) is 9.59 Å². The number of nitriles is 1. The number of anilines is 1. The Hall–Kier alpha value is -2.78. The van der Waals surface area contributed by atoms with Crippen molar-refractivity contribution in [3.05, 3.63) is 65.7 Å². The number of benzene rings is 2. The Labute approximate surface area is 137 Å². The molecule has 2 N–H and O–H groups in total. The summed E-state index contributed by atoms with van der Waals surface area (Å²) in [5.74, 6) is -1.44. The number of hydrogen-bond donors (Lipinski definition) is 2. The van der Waals surface area contributed by atoms with E-state index in [4.69, 9.17) is 10.4 Å². The number of thioether (sulfide) groups is 1. The Morgan fingerprint density at radius 3 is 2.35 bits per heavy atom. The molecule has 0 heterocycles. The van der Waals surface area contributed by atoms with Crippen LogP contribution in [0.4, 0.5) is 5.69 Å². The van der Waals surface area contributed by atoms with Gasteiger partial charge in [0.05, 0.1) is 17.4 Å². The first-order chi connectivity index (χ1) is 11.1. The maximum absolute atomic E-state index is 12.5. The van der Waals surface area contributed by atoms with Crippen LogP contribution < -0.4 is 5.32 Å². The summed E-state index contributed by atoms with van der Waals surface area (Å²) in [5, 5.41) is 19.8. The zero-order valence-electron chi connectivity index (χ0n) is 12.1. The molecule has 2 aromatic rings. The minimum absolute atomic E-state index is 0.166. The summed E-state index contributed by atoms with van der Waals surface area (Å²) >= 11 is 1.05. The van der Waals surface area contributed by atoms with Gasteiger partial charge in [0.1, 0.15) is 5.25 Å². The SMILES string of the molecule is N#Cc1ccc(NC(=O)[C@H](SCC(=O)O)c2ccccc2)cc1. The van der Waals surface area contributed by atoms with Gasteiger partial charge in [-0.1, -0.05) is 30.3 Å². The number of carbonyl (C=O) groups is 2. The summed E-state index contributed by atoms with van der Waals surface area (Å²) in [4.78, 5) is 23.3. The number of amides is 1. The van der Waals surface area contributed by atoms with Crippen molar-refractivity contribution >= 4 is 29.3 Å². The monoisotopic (exact) mass is 326 g/mol. The number of hydrogen-bond acceptors (Lipinski definition) is 4. The number of nitrogens with one attached hydrogen (secondary N) is 1. The van der Waals surface area contributed by atoms with Crippen molar-refractivity contribution in [2.24, 2.45) is 0 Å². The lowest BCUT2D eigenvalue weighted by Crippen LogP contribution is -2.20. The average Bonchev–Trinajstić information content (AvgIpc) is 2.56. The Kier molecular flexibility index (Phi) is 5.78. The van der Waals surface area contributed by atoms with Crippen LogP contribution in [0.2, 0.25) is 0 Å². The van der Waals surface area contributed by atoms with Gasteiger partial charge < -0.3 is 10.4 Å². The predicted octanol–water partition coefficient (Wildman–Crippen LogP) is 3.06. The highest BCUT2D eigenvalue weighted by Gasteiger charge is 2.22.